The van der Waals surface area contributed by atoms with Gasteiger partial charge in [-0.2, -0.15) is 5.10 Å². The van der Waals surface area contributed by atoms with Gasteiger partial charge in [0.15, 0.2) is 0 Å². The van der Waals surface area contributed by atoms with Gasteiger partial charge in [0.25, 0.3) is 0 Å². The molecule has 0 bridgehead atoms. The molecule has 1 aromatic heterocycles. The van der Waals surface area contributed by atoms with Crippen LogP contribution in [0.5, 0.6) is 0 Å². The minimum Gasteiger partial charge on any atom is -0.313 e. The van der Waals surface area contributed by atoms with Crippen LogP contribution in [0.2, 0.25) is 0 Å². The first kappa shape index (κ1) is 13.8. The van der Waals surface area contributed by atoms with Gasteiger partial charge in [0.1, 0.15) is 0 Å². The molecule has 0 saturated carbocycles. The van der Waals surface area contributed by atoms with Gasteiger partial charge in [-0.1, -0.05) is 38.1 Å². The lowest BCUT2D eigenvalue weighted by atomic mass is 10.1. The van der Waals surface area contributed by atoms with E-state index in [4.69, 9.17) is 0 Å². The van der Waals surface area contributed by atoms with E-state index in [1.54, 1.807) is 0 Å². The molecule has 2 rings (SSSR count). The molecule has 2 aromatic rings. The summed E-state index contributed by atoms with van der Waals surface area (Å²) in [7, 11) is 0. The Morgan fingerprint density at radius 1 is 1.11 bits per heavy atom. The molecule has 0 fully saturated rings. The maximum Gasteiger partial charge on any atom is 0.0659 e. The number of nitrogens with zero attached hydrogens (tertiary/aromatic N) is 2. The highest BCUT2D eigenvalue weighted by Gasteiger charge is 2.04. The van der Waals surface area contributed by atoms with E-state index in [-0.39, 0.29) is 0 Å². The average molecular weight is 257 g/mol. The Bertz CT molecular complexity index is 511. The first-order valence-corrected chi connectivity index (χ1v) is 7.04. The monoisotopic (exact) mass is 257 g/mol. The maximum atomic E-state index is 4.58. The van der Waals surface area contributed by atoms with E-state index < -0.39 is 0 Å². The molecule has 0 aliphatic heterocycles. The second-order valence-electron chi connectivity index (χ2n) is 4.89. The van der Waals surface area contributed by atoms with E-state index in [1.807, 2.05) is 4.68 Å². The van der Waals surface area contributed by atoms with Gasteiger partial charge in [0, 0.05) is 18.3 Å². The van der Waals surface area contributed by atoms with Crippen molar-refractivity contribution in [3.63, 3.8) is 0 Å². The molecule has 0 aliphatic rings. The van der Waals surface area contributed by atoms with Gasteiger partial charge in [-0.15, -0.1) is 0 Å². The second-order valence-corrected chi connectivity index (χ2v) is 4.89. The number of hydrogen-bond acceptors (Lipinski definition) is 2. The summed E-state index contributed by atoms with van der Waals surface area (Å²) in [6.07, 6.45) is 3.24. The molecule has 3 heteroatoms. The van der Waals surface area contributed by atoms with Gasteiger partial charge in [-0.05, 0) is 31.0 Å². The van der Waals surface area contributed by atoms with E-state index in [0.29, 0.717) is 0 Å². The van der Waals surface area contributed by atoms with Crippen molar-refractivity contribution < 1.29 is 0 Å². The molecule has 102 valence electrons. The largest absolute Gasteiger partial charge is 0.313 e. The minimum atomic E-state index is 0.844. The number of aryl methyl sites for hydroxylation is 2. The zero-order valence-corrected chi connectivity index (χ0v) is 12.1. The molecule has 0 spiro atoms. The van der Waals surface area contributed by atoms with Gasteiger partial charge in [-0.3, -0.25) is 4.68 Å². The minimum absolute atomic E-state index is 0.844. The molecule has 1 heterocycles. The van der Waals surface area contributed by atoms with Gasteiger partial charge in [0.05, 0.1) is 12.2 Å². The van der Waals surface area contributed by atoms with Crippen LogP contribution in [0.15, 0.2) is 30.5 Å². The third-order valence-electron chi connectivity index (χ3n) is 3.39. The molecule has 0 aliphatic carbocycles. The van der Waals surface area contributed by atoms with Crippen LogP contribution in [0.1, 0.15) is 36.2 Å². The van der Waals surface area contributed by atoms with Gasteiger partial charge in [0.2, 0.25) is 0 Å². The molecule has 0 amide bonds. The normalized spacial score (nSPS) is 10.9. The number of hydrogen-bond donors (Lipinski definition) is 1. The van der Waals surface area contributed by atoms with Crippen LogP contribution < -0.4 is 5.32 Å². The van der Waals surface area contributed by atoms with Crippen molar-refractivity contribution in [2.75, 3.05) is 6.54 Å². The van der Waals surface area contributed by atoms with E-state index >= 15 is 0 Å². The highest BCUT2D eigenvalue weighted by atomic mass is 15.3. The highest BCUT2D eigenvalue weighted by molar-refractivity contribution is 5.23. The lowest BCUT2D eigenvalue weighted by molar-refractivity contribution is 0.678. The van der Waals surface area contributed by atoms with E-state index in [2.05, 4.69) is 61.6 Å². The Morgan fingerprint density at radius 2 is 1.79 bits per heavy atom. The Kier molecular flexibility index (Phi) is 4.74. The van der Waals surface area contributed by atoms with E-state index in [0.717, 1.165) is 31.7 Å². The first-order chi connectivity index (χ1) is 9.22. The Labute approximate surface area is 115 Å². The quantitative estimate of drug-likeness (QED) is 0.862. The van der Waals surface area contributed by atoms with Crippen molar-refractivity contribution in [1.29, 1.82) is 0 Å². The van der Waals surface area contributed by atoms with Gasteiger partial charge in [-0.25, -0.2) is 0 Å². The fraction of sp³-hybridized carbons (Fsp3) is 0.438. The zero-order chi connectivity index (χ0) is 13.7. The van der Waals surface area contributed by atoms with Crippen molar-refractivity contribution >= 4 is 0 Å². The summed E-state index contributed by atoms with van der Waals surface area (Å²) >= 11 is 0. The molecule has 3 nitrogen and oxygen atoms in total. The smallest absolute Gasteiger partial charge is 0.0659 e. The first-order valence-electron chi connectivity index (χ1n) is 7.04. The van der Waals surface area contributed by atoms with Crippen LogP contribution in [-0.2, 0) is 19.5 Å². The molecule has 1 aromatic carbocycles. The third-order valence-corrected chi connectivity index (χ3v) is 3.39. The number of aromatic nitrogens is 2. The van der Waals surface area contributed by atoms with Crippen LogP contribution in [0.3, 0.4) is 0 Å². The fourth-order valence-corrected chi connectivity index (χ4v) is 2.14. The Hall–Kier alpha value is -1.61. The topological polar surface area (TPSA) is 29.9 Å². The van der Waals surface area contributed by atoms with Crippen molar-refractivity contribution in [1.82, 2.24) is 15.1 Å². The van der Waals surface area contributed by atoms with Crippen LogP contribution in [0, 0.1) is 6.92 Å². The Balaban J connectivity index is 2.05. The second kappa shape index (κ2) is 6.53. The summed E-state index contributed by atoms with van der Waals surface area (Å²) in [6.45, 7) is 9.11. The lowest BCUT2D eigenvalue weighted by Gasteiger charge is -2.03. The maximum absolute atomic E-state index is 4.58. The van der Waals surface area contributed by atoms with Crippen LogP contribution in [0.4, 0.5) is 0 Å². The van der Waals surface area contributed by atoms with E-state index in [9.17, 15) is 0 Å². The molecule has 0 atom stereocenters. The van der Waals surface area contributed by atoms with Crippen molar-refractivity contribution in [3.05, 3.63) is 52.8 Å². The summed E-state index contributed by atoms with van der Waals surface area (Å²) in [5, 5.41) is 7.92. The molecular weight excluding hydrogens is 234 g/mol. The third kappa shape index (κ3) is 3.67. The van der Waals surface area contributed by atoms with Crippen molar-refractivity contribution in [2.24, 2.45) is 0 Å². The van der Waals surface area contributed by atoms with Crippen molar-refractivity contribution in [2.45, 2.75) is 40.3 Å². The summed E-state index contributed by atoms with van der Waals surface area (Å²) < 4.78 is 2.03. The molecule has 0 radical (unpaired) electrons. The van der Waals surface area contributed by atoms with Crippen LogP contribution >= 0.6 is 0 Å². The van der Waals surface area contributed by atoms with Crippen molar-refractivity contribution in [3.8, 4) is 0 Å². The number of benzene rings is 1. The number of rotatable bonds is 6. The predicted molar refractivity (Wildman–Crippen MR) is 79.3 cm³/mol. The number of nitrogens with one attached hydrogen (secondary N) is 1. The highest BCUT2D eigenvalue weighted by Crippen LogP contribution is 2.10. The fourth-order valence-electron chi connectivity index (χ4n) is 2.14. The summed E-state index contributed by atoms with van der Waals surface area (Å²) in [5.74, 6) is 0. The summed E-state index contributed by atoms with van der Waals surface area (Å²) in [6, 6.07) is 8.79. The predicted octanol–water partition coefficient (Wildman–Crippen LogP) is 2.91. The van der Waals surface area contributed by atoms with Crippen LogP contribution in [0.25, 0.3) is 0 Å². The van der Waals surface area contributed by atoms with Gasteiger partial charge < -0.3 is 5.32 Å². The summed E-state index contributed by atoms with van der Waals surface area (Å²) in [5.41, 5.74) is 5.08. The standard InChI is InChI=1S/C16H23N3/c1-4-14-6-8-15(9-7-14)11-19-12-16(10-17-5-2)13(3)18-19/h6-9,12,17H,4-5,10-11H2,1-3H3. The molecule has 0 saturated heterocycles. The Morgan fingerprint density at radius 3 is 2.42 bits per heavy atom. The van der Waals surface area contributed by atoms with E-state index in [1.165, 1.54) is 16.7 Å². The molecule has 19 heavy (non-hydrogen) atoms. The average Bonchev–Trinajstić information content (AvgIpc) is 2.77. The SMILES string of the molecule is CCNCc1cn(Cc2ccc(CC)cc2)nc1C. The molecule has 0 unspecified atom stereocenters. The van der Waals surface area contributed by atoms with Gasteiger partial charge >= 0.3 is 0 Å². The molecule has 1 N–H and O–H groups in total. The zero-order valence-electron chi connectivity index (χ0n) is 12.1. The lowest BCUT2D eigenvalue weighted by Crippen LogP contribution is -2.11. The van der Waals surface area contributed by atoms with Crippen LogP contribution in [-0.4, -0.2) is 16.3 Å². The summed E-state index contributed by atoms with van der Waals surface area (Å²) in [4.78, 5) is 0. The molecular formula is C16H23N3.